The van der Waals surface area contributed by atoms with Crippen LogP contribution >= 0.6 is 0 Å². The molecule has 0 fully saturated rings. The largest absolute Gasteiger partial charge is 0.497 e. The fourth-order valence-electron chi connectivity index (χ4n) is 9.77. The van der Waals surface area contributed by atoms with Gasteiger partial charge in [0.1, 0.15) is 34.3 Å². The average molecular weight is 863 g/mol. The summed E-state index contributed by atoms with van der Waals surface area (Å²) in [6.07, 6.45) is 8.60. The van der Waals surface area contributed by atoms with Gasteiger partial charge >= 0.3 is 0 Å². The predicted molar refractivity (Wildman–Crippen MR) is 263 cm³/mol. The van der Waals surface area contributed by atoms with Gasteiger partial charge in [-0.15, -0.1) is 0 Å². The molecule has 0 saturated heterocycles. The molecule has 0 bridgehead atoms. The van der Waals surface area contributed by atoms with Crippen molar-refractivity contribution >= 4 is 33.7 Å². The molecule has 0 radical (unpaired) electrons. The summed E-state index contributed by atoms with van der Waals surface area (Å²) < 4.78 is 30.9. The highest BCUT2D eigenvalue weighted by Gasteiger charge is 2.41. The van der Waals surface area contributed by atoms with Crippen LogP contribution in [-0.2, 0) is 16.8 Å². The number of rotatable bonds is 10. The van der Waals surface area contributed by atoms with Gasteiger partial charge in [-0.2, -0.15) is 0 Å². The SMILES string of the molecule is COc1ccc(C2(c3ccc(C(O)(c4ccc(OC)cc4)c4ccc(C5(c6ccc(OC)cc6)C=Cc6c(ccc7ccccc67)O5)cc4)cc3)C=Cc3c(ccc4ccccc34)O2)cc1. The zero-order valence-corrected chi connectivity index (χ0v) is 36.8. The summed E-state index contributed by atoms with van der Waals surface area (Å²) in [6, 6.07) is 64.8. The van der Waals surface area contributed by atoms with E-state index in [9.17, 15) is 5.11 Å². The monoisotopic (exact) mass is 862 g/mol. The van der Waals surface area contributed by atoms with Crippen molar-refractivity contribution in [2.24, 2.45) is 0 Å². The van der Waals surface area contributed by atoms with Crippen LogP contribution in [0.15, 0.2) is 206 Å². The molecule has 9 aromatic carbocycles. The zero-order valence-electron chi connectivity index (χ0n) is 36.8. The van der Waals surface area contributed by atoms with Gasteiger partial charge in [0.25, 0.3) is 0 Å². The normalized spacial score (nSPS) is 18.1. The fourth-order valence-corrected chi connectivity index (χ4v) is 9.77. The highest BCUT2D eigenvalue weighted by molar-refractivity contribution is 5.95. The summed E-state index contributed by atoms with van der Waals surface area (Å²) in [4.78, 5) is 0. The first-order valence-corrected chi connectivity index (χ1v) is 22.0. The van der Waals surface area contributed by atoms with Crippen LogP contribution in [0.5, 0.6) is 28.7 Å². The second-order valence-electron chi connectivity index (χ2n) is 16.8. The van der Waals surface area contributed by atoms with Gasteiger partial charge in [-0.05, 0) is 111 Å². The lowest BCUT2D eigenvalue weighted by Crippen LogP contribution is -2.35. The zero-order chi connectivity index (χ0) is 44.9. The van der Waals surface area contributed by atoms with Gasteiger partial charge in [-0.1, -0.05) is 146 Å². The lowest BCUT2D eigenvalue weighted by Gasteiger charge is -2.38. The second-order valence-corrected chi connectivity index (χ2v) is 16.8. The maximum absolute atomic E-state index is 13.4. The van der Waals surface area contributed by atoms with Gasteiger partial charge in [0.15, 0.2) is 11.2 Å². The molecule has 2 aliphatic heterocycles. The van der Waals surface area contributed by atoms with Crippen molar-refractivity contribution in [1.29, 1.82) is 0 Å². The summed E-state index contributed by atoms with van der Waals surface area (Å²) >= 11 is 0. The summed E-state index contributed by atoms with van der Waals surface area (Å²) in [5.74, 6) is 3.77. The van der Waals surface area contributed by atoms with Crippen LogP contribution in [0.1, 0.15) is 50.1 Å². The topological polar surface area (TPSA) is 66.4 Å². The summed E-state index contributed by atoms with van der Waals surface area (Å²) in [5, 5.41) is 17.9. The molecule has 6 heteroatoms. The number of aliphatic hydroxyl groups is 1. The number of benzene rings is 9. The fraction of sp³-hybridized carbons (Fsp3) is 0.100. The minimum Gasteiger partial charge on any atom is -0.497 e. The number of hydrogen-bond donors (Lipinski definition) is 1. The minimum absolute atomic E-state index is 0.680. The van der Waals surface area contributed by atoms with E-state index in [0.717, 1.165) is 77.9 Å². The van der Waals surface area contributed by atoms with Crippen LogP contribution in [-0.4, -0.2) is 26.4 Å². The molecule has 0 aliphatic carbocycles. The van der Waals surface area contributed by atoms with Crippen LogP contribution in [0.4, 0.5) is 0 Å². The molecule has 1 N–H and O–H groups in total. The van der Waals surface area contributed by atoms with Crippen molar-refractivity contribution in [3.05, 3.63) is 256 Å². The number of hydrogen-bond acceptors (Lipinski definition) is 6. The Morgan fingerprint density at radius 3 is 1.06 bits per heavy atom. The van der Waals surface area contributed by atoms with Crippen molar-refractivity contribution < 1.29 is 28.8 Å². The van der Waals surface area contributed by atoms with Gasteiger partial charge < -0.3 is 28.8 Å². The van der Waals surface area contributed by atoms with Crippen molar-refractivity contribution in [3.8, 4) is 28.7 Å². The van der Waals surface area contributed by atoms with Crippen molar-refractivity contribution in [3.63, 3.8) is 0 Å². The third kappa shape index (κ3) is 6.60. The molecule has 0 saturated carbocycles. The highest BCUT2D eigenvalue weighted by atomic mass is 16.5. The Bertz CT molecular complexity index is 3100. The first-order chi connectivity index (χ1) is 32.3. The van der Waals surface area contributed by atoms with Gasteiger partial charge in [0.2, 0.25) is 0 Å². The highest BCUT2D eigenvalue weighted by Crippen LogP contribution is 2.48. The summed E-state index contributed by atoms with van der Waals surface area (Å²) in [5.41, 5.74) is 4.25. The maximum Gasteiger partial charge on any atom is 0.178 e. The van der Waals surface area contributed by atoms with E-state index in [1.807, 2.05) is 109 Å². The molecule has 0 aromatic heterocycles. The molecule has 2 unspecified atom stereocenters. The summed E-state index contributed by atoms with van der Waals surface area (Å²) in [7, 11) is 4.97. The van der Waals surface area contributed by atoms with Crippen molar-refractivity contribution in [1.82, 2.24) is 0 Å². The van der Waals surface area contributed by atoms with E-state index in [-0.39, 0.29) is 0 Å². The van der Waals surface area contributed by atoms with Gasteiger partial charge in [0.05, 0.1) is 21.3 Å². The third-order valence-corrected chi connectivity index (χ3v) is 13.4. The third-order valence-electron chi connectivity index (χ3n) is 13.4. The van der Waals surface area contributed by atoms with Crippen LogP contribution < -0.4 is 23.7 Å². The van der Waals surface area contributed by atoms with Crippen LogP contribution in [0.25, 0.3) is 33.7 Å². The van der Waals surface area contributed by atoms with E-state index < -0.39 is 16.8 Å². The summed E-state index contributed by atoms with van der Waals surface area (Å²) in [6.45, 7) is 0. The van der Waals surface area contributed by atoms with E-state index in [1.165, 1.54) is 0 Å². The number of methoxy groups -OCH3 is 3. The molecule has 11 rings (SSSR count). The Morgan fingerprint density at radius 2 is 0.697 bits per heavy atom. The Balaban J connectivity index is 1.02. The molecule has 6 nitrogen and oxygen atoms in total. The van der Waals surface area contributed by atoms with Crippen molar-refractivity contribution in [2.75, 3.05) is 21.3 Å². The lowest BCUT2D eigenvalue weighted by molar-refractivity contribution is 0.125. The van der Waals surface area contributed by atoms with Crippen LogP contribution in [0.2, 0.25) is 0 Å². The Kier molecular flexibility index (Phi) is 9.98. The average Bonchev–Trinajstić information content (AvgIpc) is 3.40. The first-order valence-electron chi connectivity index (χ1n) is 22.0. The van der Waals surface area contributed by atoms with Gasteiger partial charge in [-0.25, -0.2) is 0 Å². The molecule has 0 spiro atoms. The quantitative estimate of drug-likeness (QED) is 0.138. The first kappa shape index (κ1) is 40.7. The molecule has 2 heterocycles. The molecule has 9 aromatic rings. The smallest absolute Gasteiger partial charge is 0.178 e. The number of fused-ring (bicyclic) bond motifs is 6. The molecule has 322 valence electrons. The Labute approximate surface area is 384 Å². The lowest BCUT2D eigenvalue weighted by atomic mass is 9.77. The molecule has 66 heavy (non-hydrogen) atoms. The molecule has 2 atom stereocenters. The van der Waals surface area contributed by atoms with Crippen molar-refractivity contribution in [2.45, 2.75) is 16.8 Å². The Hall–Kier alpha value is -8.06. The van der Waals surface area contributed by atoms with Crippen LogP contribution in [0, 0.1) is 0 Å². The molecular weight excluding hydrogens is 817 g/mol. The molecule has 0 amide bonds. The van der Waals surface area contributed by atoms with E-state index in [2.05, 4.69) is 109 Å². The second kappa shape index (κ2) is 16.2. The Morgan fingerprint density at radius 1 is 0.379 bits per heavy atom. The molecule has 2 aliphatic rings. The van der Waals surface area contributed by atoms with E-state index in [0.29, 0.717) is 22.4 Å². The van der Waals surface area contributed by atoms with Gasteiger partial charge in [-0.3, -0.25) is 0 Å². The number of ether oxygens (including phenoxy) is 5. The van der Waals surface area contributed by atoms with E-state index in [4.69, 9.17) is 23.7 Å². The van der Waals surface area contributed by atoms with Crippen LogP contribution in [0.3, 0.4) is 0 Å². The minimum atomic E-state index is -1.58. The standard InChI is InChI=1S/C60H46O6/c1-62-49-28-22-44(23-29-49)58(38-36-54-52-10-6-4-8-40(52)12-34-56(54)65-58)42-14-18-46(19-15-42)60(61,48-26-32-51(64-3)33-27-48)47-20-16-43(17-21-47)59(45-24-30-50(63-2)31-25-45)39-37-55-53-11-7-5-9-41(53)13-35-57(55)66-59/h4-39,61H,1-3H3. The predicted octanol–water partition coefficient (Wildman–Crippen LogP) is 13.0. The van der Waals surface area contributed by atoms with E-state index in [1.54, 1.807) is 21.3 Å². The molecular formula is C60H46O6. The van der Waals surface area contributed by atoms with Gasteiger partial charge in [0, 0.05) is 33.4 Å². The maximum atomic E-state index is 13.4. The van der Waals surface area contributed by atoms with E-state index >= 15 is 0 Å².